The highest BCUT2D eigenvalue weighted by Crippen LogP contribution is 2.44. The van der Waals surface area contributed by atoms with Gasteiger partial charge in [0.25, 0.3) is 5.91 Å². The Morgan fingerprint density at radius 2 is 1.86 bits per heavy atom. The number of amides is 1. The van der Waals surface area contributed by atoms with Crippen molar-refractivity contribution in [3.63, 3.8) is 0 Å². The molecule has 0 unspecified atom stereocenters. The standard InChI is InChI=1S/C15H15BrFN3O.C2HF3O2/c16-13-9-3-12(20-11(9)2-1-10(13)17)14(21)19-8-4-15(5-8)6-18-7-15;3-2(4,5)1(6)7/h1-3,8,18,20H,4-7H2,(H,19,21);(H,6,7). The van der Waals surface area contributed by atoms with Crippen molar-refractivity contribution in [2.45, 2.75) is 25.1 Å². The average Bonchev–Trinajstić information content (AvgIpc) is 2.97. The summed E-state index contributed by atoms with van der Waals surface area (Å²) in [7, 11) is 0. The third kappa shape index (κ3) is 4.14. The van der Waals surface area contributed by atoms with Crippen molar-refractivity contribution in [1.29, 1.82) is 0 Å². The molecule has 1 aromatic carbocycles. The number of aliphatic carboxylic acids is 1. The van der Waals surface area contributed by atoms with Gasteiger partial charge in [-0.05, 0) is 52.4 Å². The second-order valence-corrected chi connectivity index (χ2v) is 7.78. The van der Waals surface area contributed by atoms with E-state index in [-0.39, 0.29) is 17.8 Å². The van der Waals surface area contributed by atoms with Gasteiger partial charge in [-0.25, -0.2) is 9.18 Å². The molecule has 1 amide bonds. The lowest BCUT2D eigenvalue weighted by Crippen LogP contribution is -2.65. The first-order chi connectivity index (χ1) is 13.0. The van der Waals surface area contributed by atoms with Crippen molar-refractivity contribution in [1.82, 2.24) is 15.6 Å². The molecule has 1 saturated heterocycles. The number of carbonyl (C=O) groups excluding carboxylic acids is 1. The van der Waals surface area contributed by atoms with E-state index in [0.29, 0.717) is 21.0 Å². The SMILES string of the molecule is O=C(NC1CC2(CNC2)C1)c1cc2c(Br)c(F)ccc2[nH]1.O=C(O)C(F)(F)F. The maximum absolute atomic E-state index is 13.5. The fourth-order valence-electron chi connectivity index (χ4n) is 3.38. The summed E-state index contributed by atoms with van der Waals surface area (Å²) in [6.07, 6.45) is -2.99. The van der Waals surface area contributed by atoms with Crippen molar-refractivity contribution in [2.24, 2.45) is 5.41 Å². The number of aromatic amines is 1. The Hall–Kier alpha value is -2.14. The number of halogens is 5. The molecular weight excluding hydrogens is 450 g/mol. The summed E-state index contributed by atoms with van der Waals surface area (Å²) in [6.45, 7) is 2.13. The number of hydrogen-bond donors (Lipinski definition) is 4. The van der Waals surface area contributed by atoms with Crippen molar-refractivity contribution in [3.8, 4) is 0 Å². The van der Waals surface area contributed by atoms with Crippen LogP contribution in [-0.4, -0.2) is 47.3 Å². The number of carbonyl (C=O) groups is 2. The van der Waals surface area contributed by atoms with E-state index in [1.807, 2.05) is 0 Å². The van der Waals surface area contributed by atoms with Gasteiger partial charge in [-0.15, -0.1) is 0 Å². The lowest BCUT2D eigenvalue weighted by atomic mass is 9.61. The maximum atomic E-state index is 13.5. The topological polar surface area (TPSA) is 94.2 Å². The number of alkyl halides is 3. The second kappa shape index (κ2) is 7.36. The molecular formula is C17H16BrF4N3O3. The fourth-order valence-corrected chi connectivity index (χ4v) is 3.84. The third-order valence-corrected chi connectivity index (χ3v) is 5.68. The number of rotatable bonds is 2. The molecule has 2 heterocycles. The molecule has 0 atom stereocenters. The lowest BCUT2D eigenvalue weighted by molar-refractivity contribution is -0.192. The van der Waals surface area contributed by atoms with Crippen LogP contribution in [0.3, 0.4) is 0 Å². The Morgan fingerprint density at radius 3 is 2.36 bits per heavy atom. The van der Waals surface area contributed by atoms with Gasteiger partial charge in [-0.2, -0.15) is 13.2 Å². The van der Waals surface area contributed by atoms with E-state index < -0.39 is 12.1 Å². The van der Waals surface area contributed by atoms with Crippen LogP contribution in [0, 0.1) is 11.2 Å². The Labute approximate surface area is 164 Å². The van der Waals surface area contributed by atoms with Crippen molar-refractivity contribution < 1.29 is 32.3 Å². The van der Waals surface area contributed by atoms with E-state index in [9.17, 15) is 22.4 Å². The van der Waals surface area contributed by atoms with Crippen LogP contribution >= 0.6 is 15.9 Å². The number of H-pyrrole nitrogens is 1. The zero-order valence-electron chi connectivity index (χ0n) is 14.3. The summed E-state index contributed by atoms with van der Waals surface area (Å²) in [5.74, 6) is -3.20. The molecule has 1 spiro atoms. The highest BCUT2D eigenvalue weighted by atomic mass is 79.9. The number of aromatic nitrogens is 1. The van der Waals surface area contributed by atoms with Gasteiger partial charge in [0.05, 0.1) is 4.47 Å². The van der Waals surface area contributed by atoms with Gasteiger partial charge in [0.1, 0.15) is 11.5 Å². The summed E-state index contributed by atoms with van der Waals surface area (Å²) in [5, 5.41) is 14.1. The van der Waals surface area contributed by atoms with Gasteiger partial charge in [-0.1, -0.05) is 0 Å². The molecule has 0 bridgehead atoms. The average molecular weight is 466 g/mol. The number of carboxylic acid groups (broad SMARTS) is 1. The molecule has 11 heteroatoms. The van der Waals surface area contributed by atoms with Gasteiger partial charge >= 0.3 is 12.1 Å². The molecule has 28 heavy (non-hydrogen) atoms. The van der Waals surface area contributed by atoms with E-state index in [4.69, 9.17) is 9.90 Å². The zero-order valence-corrected chi connectivity index (χ0v) is 15.9. The Bertz CT molecular complexity index is 916. The molecule has 1 aromatic heterocycles. The van der Waals surface area contributed by atoms with Crippen LogP contribution in [0.25, 0.3) is 10.9 Å². The van der Waals surface area contributed by atoms with E-state index in [1.54, 1.807) is 12.1 Å². The van der Waals surface area contributed by atoms with Crippen LogP contribution in [-0.2, 0) is 4.79 Å². The van der Waals surface area contributed by atoms with Gasteiger partial charge in [0, 0.05) is 30.0 Å². The predicted molar refractivity (Wildman–Crippen MR) is 95.4 cm³/mol. The van der Waals surface area contributed by atoms with Gasteiger partial charge in [0.15, 0.2) is 0 Å². The molecule has 1 saturated carbocycles. The fraction of sp³-hybridized carbons (Fsp3) is 0.412. The summed E-state index contributed by atoms with van der Waals surface area (Å²) < 4.78 is 45.6. The van der Waals surface area contributed by atoms with E-state index in [2.05, 4.69) is 31.5 Å². The highest BCUT2D eigenvalue weighted by molar-refractivity contribution is 9.10. The summed E-state index contributed by atoms with van der Waals surface area (Å²) in [6, 6.07) is 4.97. The number of hydrogen-bond acceptors (Lipinski definition) is 3. The molecule has 1 aliphatic heterocycles. The number of carboxylic acids is 1. The van der Waals surface area contributed by atoms with Crippen LogP contribution in [0.1, 0.15) is 23.3 Å². The molecule has 4 rings (SSSR count). The minimum absolute atomic E-state index is 0.120. The second-order valence-electron chi connectivity index (χ2n) is 6.99. The van der Waals surface area contributed by atoms with Crippen molar-refractivity contribution in [3.05, 3.63) is 34.2 Å². The van der Waals surface area contributed by atoms with Crippen LogP contribution in [0.4, 0.5) is 17.6 Å². The van der Waals surface area contributed by atoms with Crippen molar-refractivity contribution in [2.75, 3.05) is 13.1 Å². The molecule has 152 valence electrons. The minimum Gasteiger partial charge on any atom is -0.475 e. The molecule has 2 aliphatic rings. The maximum Gasteiger partial charge on any atom is 0.490 e. The first kappa shape index (κ1) is 20.6. The van der Waals surface area contributed by atoms with E-state index in [1.165, 1.54) is 6.07 Å². The van der Waals surface area contributed by atoms with Gasteiger partial charge in [0.2, 0.25) is 0 Å². The number of nitrogens with one attached hydrogen (secondary N) is 3. The predicted octanol–water partition coefficient (Wildman–Crippen LogP) is 3.18. The van der Waals surface area contributed by atoms with Gasteiger partial charge in [-0.3, -0.25) is 4.79 Å². The van der Waals surface area contributed by atoms with Crippen LogP contribution in [0.2, 0.25) is 0 Å². The normalized spacial score (nSPS) is 18.0. The van der Waals surface area contributed by atoms with E-state index in [0.717, 1.165) is 31.4 Å². The number of benzene rings is 1. The Kier molecular flexibility index (Phi) is 5.41. The minimum atomic E-state index is -5.08. The first-order valence-corrected chi connectivity index (χ1v) is 9.08. The molecule has 2 aromatic rings. The monoisotopic (exact) mass is 465 g/mol. The molecule has 0 radical (unpaired) electrons. The van der Waals surface area contributed by atoms with Crippen molar-refractivity contribution >= 4 is 38.7 Å². The first-order valence-electron chi connectivity index (χ1n) is 8.29. The largest absolute Gasteiger partial charge is 0.490 e. The van der Waals surface area contributed by atoms with E-state index >= 15 is 0 Å². The van der Waals surface area contributed by atoms with Crippen LogP contribution in [0.5, 0.6) is 0 Å². The Balaban J connectivity index is 0.000000279. The van der Waals surface area contributed by atoms with Crippen LogP contribution in [0.15, 0.2) is 22.7 Å². The number of fused-ring (bicyclic) bond motifs is 1. The lowest BCUT2D eigenvalue weighted by Gasteiger charge is -2.54. The third-order valence-electron chi connectivity index (χ3n) is 4.87. The smallest absolute Gasteiger partial charge is 0.475 e. The van der Waals surface area contributed by atoms with Crippen LogP contribution < -0.4 is 10.6 Å². The Morgan fingerprint density at radius 1 is 1.25 bits per heavy atom. The quantitative estimate of drug-likeness (QED) is 0.512. The molecule has 6 nitrogen and oxygen atoms in total. The summed E-state index contributed by atoms with van der Waals surface area (Å²) in [4.78, 5) is 24.2. The summed E-state index contributed by atoms with van der Waals surface area (Å²) >= 11 is 3.22. The molecule has 4 N–H and O–H groups in total. The highest BCUT2D eigenvalue weighted by Gasteiger charge is 2.48. The molecule has 2 fully saturated rings. The molecule has 1 aliphatic carbocycles. The van der Waals surface area contributed by atoms with Gasteiger partial charge < -0.3 is 20.7 Å². The summed E-state index contributed by atoms with van der Waals surface area (Å²) in [5.41, 5.74) is 1.66. The zero-order chi connectivity index (χ0) is 20.7.